The molecule has 1 N–H and O–H groups in total. The number of amides is 2. The van der Waals surface area contributed by atoms with Gasteiger partial charge in [0, 0.05) is 25.7 Å². The number of esters is 1. The highest BCUT2D eigenvalue weighted by Gasteiger charge is 2.26. The molecule has 1 heterocycles. The van der Waals surface area contributed by atoms with E-state index >= 15 is 0 Å². The van der Waals surface area contributed by atoms with Crippen LogP contribution in [0.5, 0.6) is 0 Å². The molecule has 0 aromatic heterocycles. The molecule has 0 radical (unpaired) electrons. The van der Waals surface area contributed by atoms with Crippen LogP contribution in [0.3, 0.4) is 0 Å². The van der Waals surface area contributed by atoms with Gasteiger partial charge in [-0.05, 0) is 31.5 Å². The molecule has 0 unspecified atom stereocenters. The van der Waals surface area contributed by atoms with Gasteiger partial charge in [-0.3, -0.25) is 14.4 Å². The van der Waals surface area contributed by atoms with Crippen molar-refractivity contribution < 1.29 is 23.9 Å². The van der Waals surface area contributed by atoms with Gasteiger partial charge in [-0.2, -0.15) is 0 Å². The van der Waals surface area contributed by atoms with Crippen LogP contribution >= 0.6 is 0 Å². The summed E-state index contributed by atoms with van der Waals surface area (Å²) in [5.74, 6) is -0.830. The second kappa shape index (κ2) is 8.62. The van der Waals surface area contributed by atoms with Crippen LogP contribution in [0.2, 0.25) is 0 Å². The first-order valence-electron chi connectivity index (χ1n) is 8.29. The minimum absolute atomic E-state index is 0.0227. The van der Waals surface area contributed by atoms with Gasteiger partial charge < -0.3 is 19.7 Å². The molecule has 2 rings (SSSR count). The third-order valence-corrected chi connectivity index (χ3v) is 3.75. The molecule has 7 heteroatoms. The van der Waals surface area contributed by atoms with Gasteiger partial charge in [-0.15, -0.1) is 0 Å². The molecule has 1 aromatic carbocycles. The molecule has 1 fully saturated rings. The highest BCUT2D eigenvalue weighted by molar-refractivity contribution is 5.88. The van der Waals surface area contributed by atoms with E-state index in [9.17, 15) is 14.4 Å². The summed E-state index contributed by atoms with van der Waals surface area (Å²) in [7, 11) is 0. The average molecular weight is 348 g/mol. The van der Waals surface area contributed by atoms with Crippen LogP contribution in [0.4, 0.5) is 5.69 Å². The van der Waals surface area contributed by atoms with Crippen LogP contribution in [0.25, 0.3) is 0 Å². The van der Waals surface area contributed by atoms with E-state index in [0.29, 0.717) is 18.8 Å². The Balaban J connectivity index is 1.78. The lowest BCUT2D eigenvalue weighted by Crippen LogP contribution is -2.49. The molecule has 7 nitrogen and oxygen atoms in total. The van der Waals surface area contributed by atoms with Gasteiger partial charge in [0.15, 0.2) is 6.61 Å². The monoisotopic (exact) mass is 348 g/mol. The van der Waals surface area contributed by atoms with Crippen molar-refractivity contribution in [3.8, 4) is 0 Å². The maximum absolute atomic E-state index is 12.1. The van der Waals surface area contributed by atoms with E-state index in [1.807, 2.05) is 13.8 Å². The van der Waals surface area contributed by atoms with E-state index in [1.54, 1.807) is 29.2 Å². The van der Waals surface area contributed by atoms with Gasteiger partial charge in [-0.25, -0.2) is 0 Å². The quantitative estimate of drug-likeness (QED) is 0.813. The number of nitrogens with one attached hydrogen (secondary N) is 1. The van der Waals surface area contributed by atoms with Crippen molar-refractivity contribution in [2.24, 2.45) is 0 Å². The number of morpholine rings is 1. The molecule has 25 heavy (non-hydrogen) atoms. The average Bonchev–Trinajstić information content (AvgIpc) is 2.53. The highest BCUT2D eigenvalue weighted by Crippen LogP contribution is 2.12. The molecule has 2 atom stereocenters. The van der Waals surface area contributed by atoms with Crippen LogP contribution in [-0.4, -0.2) is 54.6 Å². The topological polar surface area (TPSA) is 84.9 Å². The van der Waals surface area contributed by atoms with Gasteiger partial charge in [0.2, 0.25) is 5.91 Å². The molecule has 0 bridgehead atoms. The predicted octanol–water partition coefficient (Wildman–Crippen LogP) is 1.37. The molecule has 136 valence electrons. The third-order valence-electron chi connectivity index (χ3n) is 3.75. The van der Waals surface area contributed by atoms with Crippen LogP contribution in [0.15, 0.2) is 24.3 Å². The summed E-state index contributed by atoms with van der Waals surface area (Å²) in [6, 6.07) is 6.90. The molecule has 1 aliphatic heterocycles. The van der Waals surface area contributed by atoms with Crippen LogP contribution in [-0.2, 0) is 30.3 Å². The maximum Gasteiger partial charge on any atom is 0.310 e. The van der Waals surface area contributed by atoms with Crippen molar-refractivity contribution in [1.29, 1.82) is 0 Å². The smallest absolute Gasteiger partial charge is 0.310 e. The van der Waals surface area contributed by atoms with Crippen LogP contribution in [0.1, 0.15) is 26.3 Å². The standard InChI is InChI=1S/C18H24N2O5/c1-12-9-20(10-13(2)25-12)17(22)11-24-18(23)8-15-4-6-16(7-5-15)19-14(3)21/h4-7,12-13H,8-11H2,1-3H3,(H,19,21)/t12-,13+. The summed E-state index contributed by atoms with van der Waals surface area (Å²) in [5, 5.41) is 2.65. The number of hydrogen-bond donors (Lipinski definition) is 1. The van der Waals surface area contributed by atoms with Gasteiger partial charge in [0.25, 0.3) is 5.91 Å². The van der Waals surface area contributed by atoms with Crippen molar-refractivity contribution in [3.63, 3.8) is 0 Å². The number of anilines is 1. The number of carbonyl (C=O) groups is 3. The number of nitrogens with zero attached hydrogens (tertiary/aromatic N) is 1. The van der Waals surface area contributed by atoms with Gasteiger partial charge in [0.05, 0.1) is 18.6 Å². The molecule has 1 aromatic rings. The van der Waals surface area contributed by atoms with Crippen molar-refractivity contribution in [2.45, 2.75) is 39.4 Å². The molecule has 1 aliphatic rings. The summed E-state index contributed by atoms with van der Waals surface area (Å²) >= 11 is 0. The number of ether oxygens (including phenoxy) is 2. The van der Waals surface area contributed by atoms with Crippen molar-refractivity contribution in [1.82, 2.24) is 4.90 Å². The highest BCUT2D eigenvalue weighted by atomic mass is 16.5. The summed E-state index contributed by atoms with van der Waals surface area (Å²) in [5.41, 5.74) is 1.41. The number of rotatable bonds is 5. The molecule has 0 aliphatic carbocycles. The van der Waals surface area contributed by atoms with Gasteiger partial charge in [0.1, 0.15) is 0 Å². The summed E-state index contributed by atoms with van der Waals surface area (Å²) < 4.78 is 10.7. The molecular weight excluding hydrogens is 324 g/mol. The Hall–Kier alpha value is -2.41. The summed E-state index contributed by atoms with van der Waals surface area (Å²) in [4.78, 5) is 36.7. The first-order valence-corrected chi connectivity index (χ1v) is 8.29. The number of carbonyl (C=O) groups excluding carboxylic acids is 3. The summed E-state index contributed by atoms with van der Waals surface area (Å²) in [6.07, 6.45) is 0.0276. The first kappa shape index (κ1) is 18.9. The van der Waals surface area contributed by atoms with E-state index in [-0.39, 0.29) is 37.0 Å². The lowest BCUT2D eigenvalue weighted by atomic mass is 10.1. The van der Waals surface area contributed by atoms with Crippen molar-refractivity contribution in [2.75, 3.05) is 25.0 Å². The Bertz CT molecular complexity index is 619. The molecular formula is C18H24N2O5. The Morgan fingerprint density at radius 3 is 2.32 bits per heavy atom. The molecule has 0 saturated carbocycles. The fourth-order valence-electron chi connectivity index (χ4n) is 2.74. The first-order chi connectivity index (χ1) is 11.8. The van der Waals surface area contributed by atoms with E-state index < -0.39 is 5.97 Å². The SMILES string of the molecule is CC(=O)Nc1ccc(CC(=O)OCC(=O)N2C[C@@H](C)O[C@@H](C)C2)cc1. The fraction of sp³-hybridized carbons (Fsp3) is 0.500. The molecule has 1 saturated heterocycles. The van der Waals surface area contributed by atoms with E-state index in [4.69, 9.17) is 9.47 Å². The van der Waals surface area contributed by atoms with E-state index in [1.165, 1.54) is 6.92 Å². The zero-order valence-corrected chi connectivity index (χ0v) is 14.8. The Morgan fingerprint density at radius 1 is 1.16 bits per heavy atom. The number of hydrogen-bond acceptors (Lipinski definition) is 5. The molecule has 0 spiro atoms. The van der Waals surface area contributed by atoms with Crippen LogP contribution in [0, 0.1) is 0 Å². The summed E-state index contributed by atoms with van der Waals surface area (Å²) in [6.45, 7) is 6.00. The minimum atomic E-state index is -0.463. The second-order valence-electron chi connectivity index (χ2n) is 6.27. The zero-order chi connectivity index (χ0) is 18.4. The fourth-order valence-corrected chi connectivity index (χ4v) is 2.74. The van der Waals surface area contributed by atoms with Gasteiger partial charge >= 0.3 is 5.97 Å². The van der Waals surface area contributed by atoms with Crippen LogP contribution < -0.4 is 5.32 Å². The normalized spacial score (nSPS) is 20.0. The largest absolute Gasteiger partial charge is 0.455 e. The lowest BCUT2D eigenvalue weighted by Gasteiger charge is -2.35. The minimum Gasteiger partial charge on any atom is -0.455 e. The Kier molecular flexibility index (Phi) is 6.52. The predicted molar refractivity (Wildman–Crippen MR) is 92.0 cm³/mol. The Morgan fingerprint density at radius 2 is 1.76 bits per heavy atom. The van der Waals surface area contributed by atoms with E-state index in [0.717, 1.165) is 5.56 Å². The van der Waals surface area contributed by atoms with Crippen molar-refractivity contribution in [3.05, 3.63) is 29.8 Å². The van der Waals surface area contributed by atoms with E-state index in [2.05, 4.69) is 5.32 Å². The Labute approximate surface area is 147 Å². The second-order valence-corrected chi connectivity index (χ2v) is 6.27. The van der Waals surface area contributed by atoms with Crippen molar-refractivity contribution >= 4 is 23.5 Å². The van der Waals surface area contributed by atoms with Gasteiger partial charge in [-0.1, -0.05) is 12.1 Å². The lowest BCUT2D eigenvalue weighted by molar-refractivity contribution is -0.156. The maximum atomic E-state index is 12.1. The third kappa shape index (κ3) is 6.19. The molecule has 2 amide bonds. The zero-order valence-electron chi connectivity index (χ0n) is 14.8. The number of benzene rings is 1.